The van der Waals surface area contributed by atoms with E-state index in [-0.39, 0.29) is 17.2 Å². The SMILES string of the molecule is CCOC(=O)C(F)(F)c1cccc([C@@H](C)Nc2nc(C)nc3ccc(NCc4ccc(O[Si](C)(C)C(C)(C)C)c(C[C@@H](O)N(C)C)c4)cc23)c1F. The Kier molecular flexibility index (Phi) is 12.1. The maximum absolute atomic E-state index is 15.5. The van der Waals surface area contributed by atoms with Crippen molar-refractivity contribution in [2.75, 3.05) is 31.3 Å². The third-order valence-electron chi connectivity index (χ3n) is 9.32. The van der Waals surface area contributed by atoms with Crippen LogP contribution in [0.2, 0.25) is 18.1 Å². The molecular weight excluding hydrogens is 676 g/mol. The average molecular weight is 726 g/mol. The van der Waals surface area contributed by atoms with Crippen molar-refractivity contribution in [1.29, 1.82) is 0 Å². The summed E-state index contributed by atoms with van der Waals surface area (Å²) >= 11 is 0. The largest absolute Gasteiger partial charge is 0.543 e. The van der Waals surface area contributed by atoms with Gasteiger partial charge in [-0.1, -0.05) is 45.0 Å². The predicted octanol–water partition coefficient (Wildman–Crippen LogP) is 8.32. The third-order valence-corrected chi connectivity index (χ3v) is 13.7. The van der Waals surface area contributed by atoms with Crippen molar-refractivity contribution in [2.45, 2.75) is 90.8 Å². The summed E-state index contributed by atoms with van der Waals surface area (Å²) in [5, 5.41) is 18.0. The van der Waals surface area contributed by atoms with Crippen LogP contribution < -0.4 is 15.1 Å². The van der Waals surface area contributed by atoms with E-state index in [1.54, 1.807) is 18.7 Å². The molecule has 13 heteroatoms. The molecule has 1 heterocycles. The lowest BCUT2D eigenvalue weighted by atomic mass is 10.00. The second-order valence-electron chi connectivity index (χ2n) is 14.5. The molecule has 0 saturated carbocycles. The number of aryl methyl sites for hydroxylation is 1. The van der Waals surface area contributed by atoms with Crippen LogP contribution in [-0.4, -0.2) is 61.2 Å². The third kappa shape index (κ3) is 9.18. The first-order valence-corrected chi connectivity index (χ1v) is 19.9. The molecule has 276 valence electrons. The van der Waals surface area contributed by atoms with Gasteiger partial charge in [0.2, 0.25) is 8.32 Å². The summed E-state index contributed by atoms with van der Waals surface area (Å²) in [6.45, 7) is 15.9. The number of aliphatic hydroxyl groups is 1. The number of ether oxygens (including phenoxy) is 1. The van der Waals surface area contributed by atoms with E-state index < -0.39 is 43.9 Å². The number of likely N-dealkylation sites (N-methyl/N-ethyl adjacent to an activating group) is 1. The van der Waals surface area contributed by atoms with Gasteiger partial charge in [-0.05, 0) is 94.5 Å². The predicted molar refractivity (Wildman–Crippen MR) is 198 cm³/mol. The second kappa shape index (κ2) is 15.6. The van der Waals surface area contributed by atoms with Gasteiger partial charge in [0, 0.05) is 29.6 Å². The van der Waals surface area contributed by atoms with E-state index in [4.69, 9.17) is 4.43 Å². The summed E-state index contributed by atoms with van der Waals surface area (Å²) in [7, 11) is 1.52. The van der Waals surface area contributed by atoms with Gasteiger partial charge in [0.1, 0.15) is 29.4 Å². The van der Waals surface area contributed by atoms with Crippen LogP contribution in [0.5, 0.6) is 5.75 Å². The quantitative estimate of drug-likeness (QED) is 0.0672. The number of fused-ring (bicyclic) bond motifs is 1. The van der Waals surface area contributed by atoms with E-state index in [9.17, 15) is 18.7 Å². The van der Waals surface area contributed by atoms with Crippen LogP contribution >= 0.6 is 0 Å². The van der Waals surface area contributed by atoms with Crippen LogP contribution in [0.3, 0.4) is 0 Å². The minimum atomic E-state index is -4.15. The topological polar surface area (TPSA) is 109 Å². The molecule has 3 aromatic carbocycles. The number of nitrogens with one attached hydrogen (secondary N) is 2. The number of halogens is 3. The molecule has 0 aliphatic carbocycles. The molecule has 0 bridgehead atoms. The van der Waals surface area contributed by atoms with Crippen LogP contribution in [0.15, 0.2) is 54.6 Å². The summed E-state index contributed by atoms with van der Waals surface area (Å²) in [6, 6.07) is 14.4. The number of hydrogen-bond donors (Lipinski definition) is 3. The van der Waals surface area contributed by atoms with Gasteiger partial charge in [-0.25, -0.2) is 19.2 Å². The van der Waals surface area contributed by atoms with Gasteiger partial charge in [0.15, 0.2) is 0 Å². The zero-order valence-corrected chi connectivity index (χ0v) is 32.1. The lowest BCUT2D eigenvalue weighted by molar-refractivity contribution is -0.173. The van der Waals surface area contributed by atoms with Crippen molar-refractivity contribution in [3.05, 3.63) is 88.5 Å². The number of hydrogen-bond acceptors (Lipinski definition) is 9. The molecule has 2 atom stereocenters. The van der Waals surface area contributed by atoms with Crippen LogP contribution in [0.4, 0.5) is 24.7 Å². The maximum Gasteiger partial charge on any atom is 0.382 e. The van der Waals surface area contributed by atoms with E-state index in [0.29, 0.717) is 35.5 Å². The zero-order valence-electron chi connectivity index (χ0n) is 31.1. The highest BCUT2D eigenvalue weighted by molar-refractivity contribution is 6.74. The molecule has 9 nitrogen and oxygen atoms in total. The molecule has 4 rings (SSSR count). The molecule has 0 radical (unpaired) electrons. The molecule has 4 aromatic rings. The smallest absolute Gasteiger partial charge is 0.382 e. The summed E-state index contributed by atoms with van der Waals surface area (Å²) in [6.07, 6.45) is -0.286. The van der Waals surface area contributed by atoms with E-state index in [1.165, 1.54) is 19.1 Å². The molecule has 0 aliphatic rings. The van der Waals surface area contributed by atoms with E-state index >= 15 is 4.39 Å². The number of rotatable bonds is 14. The van der Waals surface area contributed by atoms with Gasteiger partial charge < -0.3 is 24.9 Å². The summed E-state index contributed by atoms with van der Waals surface area (Å²) < 4.78 is 56.3. The number of nitrogens with zero attached hydrogens (tertiary/aromatic N) is 3. The Morgan fingerprint density at radius 3 is 2.41 bits per heavy atom. The molecule has 0 spiro atoms. The van der Waals surface area contributed by atoms with Crippen LogP contribution in [-0.2, 0) is 28.4 Å². The minimum Gasteiger partial charge on any atom is -0.543 e. The molecule has 0 amide bonds. The Bertz CT molecular complexity index is 1870. The normalized spacial score (nSPS) is 13.6. The fourth-order valence-corrected chi connectivity index (χ4v) is 6.27. The fourth-order valence-electron chi connectivity index (χ4n) is 5.22. The highest BCUT2D eigenvalue weighted by atomic mass is 28.4. The Hall–Kier alpha value is -4.20. The zero-order chi connectivity index (χ0) is 37.9. The van der Waals surface area contributed by atoms with Gasteiger partial charge in [-0.2, -0.15) is 8.78 Å². The number of carbonyl (C=O) groups is 1. The Balaban J connectivity index is 1.61. The summed E-state index contributed by atoms with van der Waals surface area (Å²) in [5.74, 6) is -5.53. The van der Waals surface area contributed by atoms with E-state index in [0.717, 1.165) is 28.6 Å². The Morgan fingerprint density at radius 2 is 1.76 bits per heavy atom. The van der Waals surface area contributed by atoms with Crippen molar-refractivity contribution < 1.29 is 32.2 Å². The summed E-state index contributed by atoms with van der Waals surface area (Å²) in [5.41, 5.74) is 2.19. The standard InChI is InChI=1S/C38H50F3N5O4Si/c1-11-49-36(48)38(40,41)30-14-12-13-28(34(30)39)23(2)43-35-29-21-27(16-17-31(29)44-24(3)45-35)42-22-25-15-18-32(50-51(9,10)37(4,5)6)26(19-25)20-33(47)46(7)8/h12-19,21,23,33,42,47H,11,20,22H2,1-10H3,(H,43,44,45)/t23-,33-/m1/s1. The first-order chi connectivity index (χ1) is 23.7. The second-order valence-corrected chi connectivity index (χ2v) is 19.3. The van der Waals surface area contributed by atoms with Gasteiger partial charge in [-0.15, -0.1) is 0 Å². The number of aliphatic hydroxyl groups excluding tert-OH is 1. The molecule has 51 heavy (non-hydrogen) atoms. The van der Waals surface area contributed by atoms with Crippen molar-refractivity contribution >= 4 is 36.7 Å². The molecule has 0 unspecified atom stereocenters. The number of benzene rings is 3. The van der Waals surface area contributed by atoms with Crippen molar-refractivity contribution in [2.24, 2.45) is 0 Å². The molecule has 0 saturated heterocycles. The van der Waals surface area contributed by atoms with Gasteiger partial charge in [-0.3, -0.25) is 4.90 Å². The fraction of sp³-hybridized carbons (Fsp3) is 0.447. The minimum absolute atomic E-state index is 0.00545. The van der Waals surface area contributed by atoms with E-state index in [2.05, 4.69) is 65.3 Å². The number of esters is 1. The Morgan fingerprint density at radius 1 is 1.06 bits per heavy atom. The molecule has 0 fully saturated rings. The van der Waals surface area contributed by atoms with Gasteiger partial charge in [0.05, 0.1) is 23.7 Å². The highest BCUT2D eigenvalue weighted by Gasteiger charge is 2.45. The first-order valence-electron chi connectivity index (χ1n) is 17.0. The lowest BCUT2D eigenvalue weighted by Gasteiger charge is -2.37. The first kappa shape index (κ1) is 39.6. The Labute approximate surface area is 299 Å². The maximum atomic E-state index is 15.5. The van der Waals surface area contributed by atoms with Crippen molar-refractivity contribution in [3.63, 3.8) is 0 Å². The molecule has 0 aliphatic heterocycles. The van der Waals surface area contributed by atoms with Gasteiger partial charge >= 0.3 is 11.9 Å². The van der Waals surface area contributed by atoms with E-state index in [1.807, 2.05) is 44.4 Å². The number of aromatic nitrogens is 2. The molecule has 1 aromatic heterocycles. The summed E-state index contributed by atoms with van der Waals surface area (Å²) in [4.78, 5) is 22.8. The van der Waals surface area contributed by atoms with Crippen LogP contribution in [0.1, 0.15) is 68.7 Å². The number of alkyl halides is 2. The average Bonchev–Trinajstić information content (AvgIpc) is 3.04. The monoisotopic (exact) mass is 725 g/mol. The van der Waals surface area contributed by atoms with Crippen molar-refractivity contribution in [1.82, 2.24) is 14.9 Å². The molecular formula is C38H50F3N5O4Si. The molecule has 3 N–H and O–H groups in total. The van der Waals surface area contributed by atoms with Gasteiger partial charge in [0.25, 0.3) is 0 Å². The highest BCUT2D eigenvalue weighted by Crippen LogP contribution is 2.39. The number of anilines is 2. The lowest BCUT2D eigenvalue weighted by Crippen LogP contribution is -2.44. The van der Waals surface area contributed by atoms with Crippen molar-refractivity contribution in [3.8, 4) is 5.75 Å². The number of carbonyl (C=O) groups excluding carboxylic acids is 1. The van der Waals surface area contributed by atoms with Crippen LogP contribution in [0.25, 0.3) is 10.9 Å². The van der Waals surface area contributed by atoms with Crippen LogP contribution in [0, 0.1) is 12.7 Å².